The van der Waals surface area contributed by atoms with E-state index in [2.05, 4.69) is 5.32 Å². The third-order valence-corrected chi connectivity index (χ3v) is 3.12. The van der Waals surface area contributed by atoms with E-state index in [9.17, 15) is 18.7 Å². The minimum Gasteiger partial charge on any atom is -0.491 e. The van der Waals surface area contributed by atoms with Gasteiger partial charge in [-0.3, -0.25) is 4.79 Å². The first-order valence-corrected chi connectivity index (χ1v) is 7.06. The molecule has 1 unspecified atom stereocenters. The van der Waals surface area contributed by atoms with Crippen molar-refractivity contribution in [1.29, 1.82) is 0 Å². The van der Waals surface area contributed by atoms with Crippen molar-refractivity contribution in [2.75, 3.05) is 13.2 Å². The van der Waals surface area contributed by atoms with Crippen molar-refractivity contribution < 1.29 is 23.4 Å². The van der Waals surface area contributed by atoms with Gasteiger partial charge in [0.25, 0.3) is 5.91 Å². The second-order valence-corrected chi connectivity index (χ2v) is 5.11. The van der Waals surface area contributed by atoms with Gasteiger partial charge in [-0.1, -0.05) is 6.07 Å². The van der Waals surface area contributed by atoms with Crippen molar-refractivity contribution >= 4 is 5.91 Å². The summed E-state index contributed by atoms with van der Waals surface area (Å²) in [5.41, 5.74) is 0.633. The van der Waals surface area contributed by atoms with E-state index in [1.807, 2.05) is 0 Å². The topological polar surface area (TPSA) is 58.6 Å². The number of halogens is 2. The van der Waals surface area contributed by atoms with Gasteiger partial charge in [0.1, 0.15) is 30.1 Å². The Morgan fingerprint density at radius 1 is 1.22 bits per heavy atom. The zero-order valence-corrected chi connectivity index (χ0v) is 12.6. The molecule has 4 nitrogen and oxygen atoms in total. The number of rotatable bonds is 6. The quantitative estimate of drug-likeness (QED) is 0.859. The first-order valence-electron chi connectivity index (χ1n) is 7.06. The van der Waals surface area contributed by atoms with Gasteiger partial charge in [0.2, 0.25) is 0 Å². The van der Waals surface area contributed by atoms with Gasteiger partial charge in [-0.05, 0) is 48.9 Å². The zero-order valence-electron chi connectivity index (χ0n) is 12.6. The third kappa shape index (κ3) is 5.03. The molecular weight excluding hydrogens is 304 g/mol. The molecule has 23 heavy (non-hydrogen) atoms. The van der Waals surface area contributed by atoms with Gasteiger partial charge in [-0.25, -0.2) is 8.78 Å². The second-order valence-electron chi connectivity index (χ2n) is 5.11. The number of hydrogen-bond donors (Lipinski definition) is 2. The van der Waals surface area contributed by atoms with E-state index in [0.717, 1.165) is 0 Å². The van der Waals surface area contributed by atoms with E-state index in [1.165, 1.54) is 36.4 Å². The number of aliphatic hydroxyl groups is 1. The van der Waals surface area contributed by atoms with Crippen molar-refractivity contribution in [3.63, 3.8) is 0 Å². The van der Waals surface area contributed by atoms with Gasteiger partial charge in [0.05, 0.1) is 5.56 Å². The number of hydrogen-bond acceptors (Lipinski definition) is 3. The molecule has 0 saturated carbocycles. The van der Waals surface area contributed by atoms with Gasteiger partial charge in [-0.2, -0.15) is 0 Å². The smallest absolute Gasteiger partial charge is 0.254 e. The molecule has 2 aromatic rings. The molecule has 1 atom stereocenters. The van der Waals surface area contributed by atoms with Crippen LogP contribution in [0.3, 0.4) is 0 Å². The highest BCUT2D eigenvalue weighted by Gasteiger charge is 2.13. The Labute approximate surface area is 132 Å². The summed E-state index contributed by atoms with van der Waals surface area (Å²) in [4.78, 5) is 11.8. The van der Waals surface area contributed by atoms with Crippen LogP contribution >= 0.6 is 0 Å². The first kappa shape index (κ1) is 16.9. The molecule has 0 spiro atoms. The van der Waals surface area contributed by atoms with Crippen molar-refractivity contribution in [1.82, 2.24) is 5.32 Å². The molecule has 0 aliphatic heterocycles. The lowest BCUT2D eigenvalue weighted by Gasteiger charge is -2.13. The lowest BCUT2D eigenvalue weighted by molar-refractivity contribution is 0.0840. The van der Waals surface area contributed by atoms with Crippen LogP contribution in [-0.2, 0) is 0 Å². The van der Waals surface area contributed by atoms with E-state index in [0.29, 0.717) is 11.3 Å². The Morgan fingerprint density at radius 2 is 1.91 bits per heavy atom. The average molecular weight is 321 g/mol. The summed E-state index contributed by atoms with van der Waals surface area (Å²) >= 11 is 0. The molecule has 2 aromatic carbocycles. The number of aryl methyl sites for hydroxylation is 1. The van der Waals surface area contributed by atoms with Crippen LogP contribution in [0.1, 0.15) is 15.9 Å². The number of carbonyl (C=O) groups is 1. The summed E-state index contributed by atoms with van der Waals surface area (Å²) in [7, 11) is 0. The van der Waals surface area contributed by atoms with E-state index in [-0.39, 0.29) is 24.5 Å². The van der Waals surface area contributed by atoms with Crippen LogP contribution in [0.2, 0.25) is 0 Å². The molecule has 1 amide bonds. The molecule has 0 bridgehead atoms. The maximum absolute atomic E-state index is 13.6. The monoisotopic (exact) mass is 321 g/mol. The lowest BCUT2D eigenvalue weighted by Crippen LogP contribution is -2.35. The Hall–Kier alpha value is -2.47. The minimum atomic E-state index is -0.975. The molecule has 0 heterocycles. The normalized spacial score (nSPS) is 11.8. The van der Waals surface area contributed by atoms with E-state index in [1.54, 1.807) is 13.0 Å². The summed E-state index contributed by atoms with van der Waals surface area (Å²) in [5, 5.41) is 12.2. The van der Waals surface area contributed by atoms with Crippen LogP contribution < -0.4 is 10.1 Å². The maximum atomic E-state index is 13.6. The Morgan fingerprint density at radius 3 is 2.57 bits per heavy atom. The molecular formula is C17H17F2NO3. The molecule has 0 aromatic heterocycles. The summed E-state index contributed by atoms with van der Waals surface area (Å²) in [5.74, 6) is -1.20. The zero-order chi connectivity index (χ0) is 16.8. The van der Waals surface area contributed by atoms with Crippen LogP contribution in [0.4, 0.5) is 8.78 Å². The predicted octanol–water partition coefficient (Wildman–Crippen LogP) is 2.44. The molecule has 6 heteroatoms. The van der Waals surface area contributed by atoms with E-state index in [4.69, 9.17) is 4.74 Å². The predicted molar refractivity (Wildman–Crippen MR) is 81.4 cm³/mol. The standard InChI is InChI=1S/C17H17F2NO3/c1-11-2-7-15(16(19)8-11)17(22)20-9-13(21)10-23-14-5-3-12(18)4-6-14/h2-8,13,21H,9-10H2,1H3,(H,20,22). The molecule has 2 N–H and O–H groups in total. The Bertz CT molecular complexity index is 674. The fraction of sp³-hybridized carbons (Fsp3) is 0.235. The fourth-order valence-electron chi connectivity index (χ4n) is 1.89. The number of carbonyl (C=O) groups excluding carboxylic acids is 1. The summed E-state index contributed by atoms with van der Waals surface area (Å²) in [6, 6.07) is 9.63. The van der Waals surface area contributed by atoms with Crippen molar-refractivity contribution in [2.45, 2.75) is 13.0 Å². The molecule has 0 aliphatic carbocycles. The van der Waals surface area contributed by atoms with Gasteiger partial charge in [0.15, 0.2) is 0 Å². The molecule has 0 fully saturated rings. The molecule has 2 rings (SSSR count). The third-order valence-electron chi connectivity index (χ3n) is 3.12. The fourth-order valence-corrected chi connectivity index (χ4v) is 1.89. The first-order chi connectivity index (χ1) is 11.0. The van der Waals surface area contributed by atoms with Crippen LogP contribution in [0.25, 0.3) is 0 Å². The van der Waals surface area contributed by atoms with Crippen molar-refractivity contribution in [3.8, 4) is 5.75 Å². The largest absolute Gasteiger partial charge is 0.491 e. The highest BCUT2D eigenvalue weighted by Crippen LogP contribution is 2.11. The van der Waals surface area contributed by atoms with Crippen molar-refractivity contribution in [2.24, 2.45) is 0 Å². The maximum Gasteiger partial charge on any atom is 0.254 e. The number of nitrogens with one attached hydrogen (secondary N) is 1. The van der Waals surface area contributed by atoms with Crippen LogP contribution in [0, 0.1) is 18.6 Å². The number of aliphatic hydroxyl groups excluding tert-OH is 1. The molecule has 0 aliphatic rings. The van der Waals surface area contributed by atoms with Crippen LogP contribution in [-0.4, -0.2) is 30.3 Å². The Balaban J connectivity index is 1.80. The van der Waals surface area contributed by atoms with Crippen LogP contribution in [0.5, 0.6) is 5.75 Å². The van der Waals surface area contributed by atoms with Gasteiger partial charge >= 0.3 is 0 Å². The number of benzene rings is 2. The van der Waals surface area contributed by atoms with Crippen molar-refractivity contribution in [3.05, 3.63) is 65.2 Å². The highest BCUT2D eigenvalue weighted by molar-refractivity contribution is 5.94. The van der Waals surface area contributed by atoms with E-state index < -0.39 is 17.8 Å². The van der Waals surface area contributed by atoms with E-state index >= 15 is 0 Å². The number of ether oxygens (including phenoxy) is 1. The lowest BCUT2D eigenvalue weighted by atomic mass is 10.1. The minimum absolute atomic E-state index is 0.0811. The van der Waals surface area contributed by atoms with Gasteiger partial charge < -0.3 is 15.2 Å². The van der Waals surface area contributed by atoms with Crippen LogP contribution in [0.15, 0.2) is 42.5 Å². The van der Waals surface area contributed by atoms with Gasteiger partial charge in [0, 0.05) is 6.54 Å². The SMILES string of the molecule is Cc1ccc(C(=O)NCC(O)COc2ccc(F)cc2)c(F)c1. The molecule has 0 radical (unpaired) electrons. The number of amides is 1. The van der Waals surface area contributed by atoms with Gasteiger partial charge in [-0.15, -0.1) is 0 Å². The molecule has 0 saturated heterocycles. The summed E-state index contributed by atoms with van der Waals surface area (Å²) in [6.07, 6.45) is -0.975. The summed E-state index contributed by atoms with van der Waals surface area (Å²) in [6.45, 7) is 1.55. The molecule has 122 valence electrons. The average Bonchev–Trinajstić information content (AvgIpc) is 2.52. The second kappa shape index (κ2) is 7.69. The highest BCUT2D eigenvalue weighted by atomic mass is 19.1. The summed E-state index contributed by atoms with van der Waals surface area (Å²) < 4.78 is 31.6. The Kier molecular flexibility index (Phi) is 5.65.